The molecule has 1 aliphatic rings. The van der Waals surface area contributed by atoms with Crippen LogP contribution in [0.2, 0.25) is 0 Å². The topological polar surface area (TPSA) is 0 Å². The van der Waals surface area contributed by atoms with Crippen LogP contribution in [0.5, 0.6) is 0 Å². The van der Waals surface area contributed by atoms with E-state index < -0.39 is 0 Å². The second-order valence-corrected chi connectivity index (χ2v) is 3.35. The molecule has 1 aliphatic carbocycles. The van der Waals surface area contributed by atoms with E-state index in [0.29, 0.717) is 0 Å². The Labute approximate surface area is 49.8 Å². The zero-order valence-electron chi connectivity index (χ0n) is 3.39. The van der Waals surface area contributed by atoms with Crippen LogP contribution >= 0.6 is 0 Å². The van der Waals surface area contributed by atoms with E-state index >= 15 is 0 Å². The Morgan fingerprint density at radius 1 is 1.67 bits per heavy atom. The van der Waals surface area contributed by atoms with Gasteiger partial charge in [0.25, 0.3) is 0 Å². The molecule has 0 N–H and O–H groups in total. The molecular formula is C5H5Ta. The number of rotatable bonds is 0. The Hall–Kier alpha value is 0.220. The van der Waals surface area contributed by atoms with Crippen molar-refractivity contribution in [3.8, 4) is 0 Å². The van der Waals surface area contributed by atoms with Gasteiger partial charge in [0, 0.05) is 0 Å². The van der Waals surface area contributed by atoms with Gasteiger partial charge >= 0.3 is 49.5 Å². The minimum atomic E-state index is 1.22. The summed E-state index contributed by atoms with van der Waals surface area (Å²) in [7, 11) is 0. The van der Waals surface area contributed by atoms with Crippen LogP contribution in [-0.4, -0.2) is 0 Å². The Balaban J connectivity index is 2.61. The van der Waals surface area contributed by atoms with Crippen LogP contribution in [0.3, 0.4) is 0 Å². The van der Waals surface area contributed by atoms with E-state index in [9.17, 15) is 0 Å². The van der Waals surface area contributed by atoms with Gasteiger partial charge in [-0.3, -0.25) is 0 Å². The summed E-state index contributed by atoms with van der Waals surface area (Å²) in [6.07, 6.45) is 7.71. The summed E-state index contributed by atoms with van der Waals surface area (Å²) in [5.74, 6) is 0. The average Bonchev–Trinajstić information content (AvgIpc) is 1.86. The molecule has 0 aromatic rings. The van der Waals surface area contributed by atoms with Gasteiger partial charge in [-0.05, 0) is 0 Å². The summed E-state index contributed by atoms with van der Waals surface area (Å²) < 4.78 is 1.58. The Morgan fingerprint density at radius 3 is 2.67 bits per heavy atom. The Morgan fingerprint density at radius 2 is 2.50 bits per heavy atom. The first-order valence-corrected chi connectivity index (χ1v) is 3.55. The summed E-state index contributed by atoms with van der Waals surface area (Å²) in [5.41, 5.74) is 0. The van der Waals surface area contributed by atoms with Gasteiger partial charge in [-0.2, -0.15) is 0 Å². The fraction of sp³-hybridized carbons (Fsp3) is 0.200. The third kappa shape index (κ3) is 0.839. The summed E-state index contributed by atoms with van der Waals surface area (Å²) in [5, 5.41) is 0. The van der Waals surface area contributed by atoms with Gasteiger partial charge in [-0.25, -0.2) is 0 Å². The van der Waals surface area contributed by atoms with E-state index in [-0.39, 0.29) is 0 Å². The van der Waals surface area contributed by atoms with Crippen molar-refractivity contribution in [1.82, 2.24) is 0 Å². The van der Waals surface area contributed by atoms with Crippen LogP contribution in [0, 0.1) is 0 Å². The number of allylic oxidation sites excluding steroid dienone is 4. The molecule has 30 valence electrons. The molecule has 0 nitrogen and oxygen atoms in total. The van der Waals surface area contributed by atoms with Crippen molar-refractivity contribution < 1.29 is 21.1 Å². The standard InChI is InChI=1S/C5H5.Ta/c1-2-4-5-3-1;/h1-3H,4H2;. The molecule has 0 aliphatic heterocycles. The summed E-state index contributed by atoms with van der Waals surface area (Å²) >= 11 is 1.43. The van der Waals surface area contributed by atoms with E-state index in [1.807, 2.05) is 0 Å². The second kappa shape index (κ2) is 1.78. The summed E-state index contributed by atoms with van der Waals surface area (Å²) in [4.78, 5) is 0. The zero-order valence-corrected chi connectivity index (χ0v) is 6.60. The van der Waals surface area contributed by atoms with E-state index in [2.05, 4.69) is 18.2 Å². The second-order valence-electron chi connectivity index (χ2n) is 1.29. The third-order valence-corrected chi connectivity index (χ3v) is 1.94. The zero-order chi connectivity index (χ0) is 4.41. The first-order valence-electron chi connectivity index (χ1n) is 1.94. The molecule has 0 bridgehead atoms. The molecule has 0 heterocycles. The molecule has 0 unspecified atom stereocenters. The third-order valence-electron chi connectivity index (χ3n) is 0.752. The average molecular weight is 246 g/mol. The number of hydrogen-bond donors (Lipinski definition) is 0. The monoisotopic (exact) mass is 246 g/mol. The van der Waals surface area contributed by atoms with Crippen molar-refractivity contribution in [2.75, 3.05) is 0 Å². The molecule has 0 atom stereocenters. The van der Waals surface area contributed by atoms with E-state index in [1.54, 1.807) is 3.79 Å². The van der Waals surface area contributed by atoms with Crippen LogP contribution in [0.1, 0.15) is 6.42 Å². The van der Waals surface area contributed by atoms with Crippen LogP contribution in [-0.2, 0) is 21.1 Å². The molecule has 0 amide bonds. The summed E-state index contributed by atoms with van der Waals surface area (Å²) in [6, 6.07) is 0. The van der Waals surface area contributed by atoms with Gasteiger partial charge in [-0.15, -0.1) is 0 Å². The van der Waals surface area contributed by atoms with Crippen LogP contribution in [0.15, 0.2) is 22.0 Å². The fourth-order valence-electron chi connectivity index (χ4n) is 0.436. The minimum absolute atomic E-state index is 1.22. The van der Waals surface area contributed by atoms with Gasteiger partial charge in [0.2, 0.25) is 0 Å². The van der Waals surface area contributed by atoms with Crippen LogP contribution in [0.4, 0.5) is 0 Å². The molecule has 0 saturated carbocycles. The molecule has 0 fully saturated rings. The molecule has 0 aromatic carbocycles. The van der Waals surface area contributed by atoms with Gasteiger partial charge in [0.15, 0.2) is 0 Å². The van der Waals surface area contributed by atoms with Gasteiger partial charge in [-0.1, -0.05) is 0 Å². The van der Waals surface area contributed by atoms with Crippen molar-refractivity contribution >= 4 is 0 Å². The molecule has 0 radical (unpaired) electrons. The van der Waals surface area contributed by atoms with Gasteiger partial charge in [0.05, 0.1) is 0 Å². The van der Waals surface area contributed by atoms with Crippen LogP contribution in [0.25, 0.3) is 0 Å². The van der Waals surface area contributed by atoms with Crippen molar-refractivity contribution in [1.29, 1.82) is 0 Å². The molecule has 0 spiro atoms. The van der Waals surface area contributed by atoms with Crippen molar-refractivity contribution in [3.63, 3.8) is 0 Å². The van der Waals surface area contributed by atoms with Gasteiger partial charge in [0.1, 0.15) is 0 Å². The van der Waals surface area contributed by atoms with E-state index in [1.165, 1.54) is 27.5 Å². The first-order chi connectivity index (χ1) is 2.89. The quantitative estimate of drug-likeness (QED) is 0.605. The summed E-state index contributed by atoms with van der Waals surface area (Å²) in [6.45, 7) is 0. The predicted molar refractivity (Wildman–Crippen MR) is 21.8 cm³/mol. The first kappa shape index (κ1) is 4.38. The molecule has 0 aromatic heterocycles. The molecule has 6 heavy (non-hydrogen) atoms. The van der Waals surface area contributed by atoms with Crippen LogP contribution < -0.4 is 0 Å². The molecule has 1 heteroatoms. The van der Waals surface area contributed by atoms with E-state index in [4.69, 9.17) is 0 Å². The van der Waals surface area contributed by atoms with Crippen molar-refractivity contribution in [3.05, 3.63) is 22.0 Å². The molecule has 0 saturated heterocycles. The molecular weight excluding hydrogens is 241 g/mol. The normalized spacial score (nSPS) is 18.3. The van der Waals surface area contributed by atoms with Crippen molar-refractivity contribution in [2.45, 2.75) is 6.42 Å². The van der Waals surface area contributed by atoms with Crippen molar-refractivity contribution in [2.24, 2.45) is 0 Å². The molecule has 1 rings (SSSR count). The Kier molecular flexibility index (Phi) is 1.30. The SMILES string of the molecule is [Ta][C]1=CC=CC1. The maximum absolute atomic E-state index is 2.19. The number of hydrogen-bond acceptors (Lipinski definition) is 0. The van der Waals surface area contributed by atoms with Gasteiger partial charge < -0.3 is 0 Å². The Bertz CT molecular complexity index is 101. The maximum atomic E-state index is 2.19. The predicted octanol–water partition coefficient (Wildman–Crippen LogP) is 1.38. The fourth-order valence-corrected chi connectivity index (χ4v) is 1.12. The van der Waals surface area contributed by atoms with E-state index in [0.717, 1.165) is 0 Å².